The van der Waals surface area contributed by atoms with Gasteiger partial charge in [0, 0.05) is 0 Å². The molecule has 0 nitrogen and oxygen atoms in total. The van der Waals surface area contributed by atoms with E-state index < -0.39 is 0 Å². The Hall–Kier alpha value is -0.520. The Morgan fingerprint density at radius 1 is 1.67 bits per heavy atom. The normalized spacial score (nSPS) is 22.9. The van der Waals surface area contributed by atoms with Crippen LogP contribution in [0.25, 0.3) is 0 Å². The molecule has 9 heavy (non-hydrogen) atoms. The predicted octanol–water partition coefficient (Wildman–Crippen LogP) is 3.06. The molecule has 0 saturated carbocycles. The summed E-state index contributed by atoms with van der Waals surface area (Å²) in [6, 6.07) is 0. The molecule has 0 atom stereocenters. The molecular weight excluding hydrogens is 108 g/mol. The van der Waals surface area contributed by atoms with Gasteiger partial charge < -0.3 is 0 Å². The molecule has 0 saturated heterocycles. The highest BCUT2D eigenvalue weighted by molar-refractivity contribution is 5.33. The molecular formula is C9H14. The lowest BCUT2D eigenvalue weighted by molar-refractivity contribution is 1.04. The maximum atomic E-state index is 2.33. The monoisotopic (exact) mass is 122 g/mol. The first kappa shape index (κ1) is 6.60. The quantitative estimate of drug-likeness (QED) is 0.501. The van der Waals surface area contributed by atoms with E-state index in [9.17, 15) is 0 Å². The van der Waals surface area contributed by atoms with Gasteiger partial charge in [-0.25, -0.2) is 0 Å². The Bertz CT molecular complexity index is 149. The van der Waals surface area contributed by atoms with Crippen molar-refractivity contribution in [3.05, 3.63) is 23.3 Å². The van der Waals surface area contributed by atoms with E-state index in [4.69, 9.17) is 0 Å². The lowest BCUT2D eigenvalue weighted by Crippen LogP contribution is -1.75. The fraction of sp³-hybridized carbons (Fsp3) is 0.556. The minimum Gasteiger partial charge on any atom is -0.0813 e. The SMILES string of the molecule is CC/C=C1/CCC=C1C. The van der Waals surface area contributed by atoms with Gasteiger partial charge in [-0.15, -0.1) is 0 Å². The fourth-order valence-corrected chi connectivity index (χ4v) is 1.28. The minimum atomic E-state index is 1.18. The lowest BCUT2D eigenvalue weighted by Gasteiger charge is -1.95. The number of allylic oxidation sites excluding steroid dienone is 4. The topological polar surface area (TPSA) is 0 Å². The molecule has 1 aliphatic carbocycles. The van der Waals surface area contributed by atoms with E-state index >= 15 is 0 Å². The van der Waals surface area contributed by atoms with Crippen LogP contribution in [-0.2, 0) is 0 Å². The van der Waals surface area contributed by atoms with Crippen LogP contribution in [0.3, 0.4) is 0 Å². The summed E-state index contributed by atoms with van der Waals surface area (Å²) < 4.78 is 0. The second-order valence-corrected chi connectivity index (χ2v) is 2.56. The first-order chi connectivity index (χ1) is 4.34. The van der Waals surface area contributed by atoms with Crippen molar-refractivity contribution in [3.8, 4) is 0 Å². The van der Waals surface area contributed by atoms with Crippen molar-refractivity contribution in [2.75, 3.05) is 0 Å². The summed E-state index contributed by atoms with van der Waals surface area (Å²) in [7, 11) is 0. The predicted molar refractivity (Wildman–Crippen MR) is 41.4 cm³/mol. The molecule has 1 aliphatic rings. The summed E-state index contributed by atoms with van der Waals surface area (Å²) in [5.74, 6) is 0. The zero-order valence-corrected chi connectivity index (χ0v) is 6.28. The van der Waals surface area contributed by atoms with Crippen LogP contribution in [0.5, 0.6) is 0 Å². The fourth-order valence-electron chi connectivity index (χ4n) is 1.28. The summed E-state index contributed by atoms with van der Waals surface area (Å²) in [6.45, 7) is 4.40. The molecule has 0 heterocycles. The molecule has 0 amide bonds. The van der Waals surface area contributed by atoms with E-state index in [0.29, 0.717) is 0 Å². The first-order valence-corrected chi connectivity index (χ1v) is 3.70. The summed E-state index contributed by atoms with van der Waals surface area (Å²) >= 11 is 0. The maximum absolute atomic E-state index is 2.33. The van der Waals surface area contributed by atoms with Gasteiger partial charge in [-0.3, -0.25) is 0 Å². The van der Waals surface area contributed by atoms with Crippen molar-refractivity contribution < 1.29 is 0 Å². The van der Waals surface area contributed by atoms with Gasteiger partial charge in [-0.05, 0) is 31.8 Å². The highest BCUT2D eigenvalue weighted by Crippen LogP contribution is 2.23. The van der Waals surface area contributed by atoms with Gasteiger partial charge in [0.05, 0.1) is 0 Å². The molecule has 0 N–H and O–H groups in total. The van der Waals surface area contributed by atoms with Crippen LogP contribution < -0.4 is 0 Å². The molecule has 0 spiro atoms. The summed E-state index contributed by atoms with van der Waals surface area (Å²) in [5.41, 5.74) is 3.06. The van der Waals surface area contributed by atoms with Gasteiger partial charge in [0.1, 0.15) is 0 Å². The maximum Gasteiger partial charge on any atom is -0.0245 e. The zero-order valence-electron chi connectivity index (χ0n) is 6.28. The largest absolute Gasteiger partial charge is 0.0813 e. The van der Waals surface area contributed by atoms with E-state index in [1.807, 2.05) is 0 Å². The summed E-state index contributed by atoms with van der Waals surface area (Å²) in [6.07, 6.45) is 8.37. The van der Waals surface area contributed by atoms with E-state index in [0.717, 1.165) is 0 Å². The van der Waals surface area contributed by atoms with Crippen LogP contribution >= 0.6 is 0 Å². The third-order valence-corrected chi connectivity index (χ3v) is 1.82. The average Bonchev–Trinajstić information content (AvgIpc) is 2.18. The second-order valence-electron chi connectivity index (χ2n) is 2.56. The van der Waals surface area contributed by atoms with Crippen LogP contribution in [0.15, 0.2) is 23.3 Å². The molecule has 1 rings (SSSR count). The van der Waals surface area contributed by atoms with Crippen molar-refractivity contribution in [3.63, 3.8) is 0 Å². The van der Waals surface area contributed by atoms with E-state index in [1.54, 1.807) is 5.57 Å². The van der Waals surface area contributed by atoms with Gasteiger partial charge in [0.2, 0.25) is 0 Å². The Morgan fingerprint density at radius 2 is 2.44 bits per heavy atom. The van der Waals surface area contributed by atoms with Gasteiger partial charge in [0.25, 0.3) is 0 Å². The molecule has 0 bridgehead atoms. The van der Waals surface area contributed by atoms with Crippen molar-refractivity contribution in [1.29, 1.82) is 0 Å². The van der Waals surface area contributed by atoms with Crippen molar-refractivity contribution >= 4 is 0 Å². The molecule has 0 fully saturated rings. The van der Waals surface area contributed by atoms with Crippen molar-refractivity contribution in [2.45, 2.75) is 33.1 Å². The standard InChI is InChI=1S/C9H14/c1-3-5-9-7-4-6-8(9)2/h5-6H,3-4,7H2,1-2H3/b9-5-. The molecule has 0 aromatic carbocycles. The minimum absolute atomic E-state index is 1.18. The highest BCUT2D eigenvalue weighted by Gasteiger charge is 2.04. The van der Waals surface area contributed by atoms with Gasteiger partial charge in [-0.1, -0.05) is 24.6 Å². The van der Waals surface area contributed by atoms with Crippen LogP contribution in [0, 0.1) is 0 Å². The molecule has 0 heteroatoms. The zero-order chi connectivity index (χ0) is 6.69. The smallest absolute Gasteiger partial charge is 0.0245 e. The van der Waals surface area contributed by atoms with Crippen molar-refractivity contribution in [2.24, 2.45) is 0 Å². The number of rotatable bonds is 1. The lowest BCUT2D eigenvalue weighted by atomic mass is 10.1. The Labute approximate surface area is 57.3 Å². The number of hydrogen-bond donors (Lipinski definition) is 0. The van der Waals surface area contributed by atoms with E-state index in [2.05, 4.69) is 26.0 Å². The van der Waals surface area contributed by atoms with Crippen LogP contribution in [0.4, 0.5) is 0 Å². The molecule has 0 aromatic rings. The summed E-state index contributed by atoms with van der Waals surface area (Å²) in [5, 5.41) is 0. The first-order valence-electron chi connectivity index (χ1n) is 3.70. The van der Waals surface area contributed by atoms with E-state index in [-0.39, 0.29) is 0 Å². The number of hydrogen-bond acceptors (Lipinski definition) is 0. The Balaban J connectivity index is 2.62. The second kappa shape index (κ2) is 2.86. The highest BCUT2D eigenvalue weighted by atomic mass is 14.1. The van der Waals surface area contributed by atoms with Gasteiger partial charge >= 0.3 is 0 Å². The molecule has 50 valence electrons. The molecule has 0 aliphatic heterocycles. The Kier molecular flexibility index (Phi) is 2.10. The molecule has 0 aromatic heterocycles. The average molecular weight is 122 g/mol. The Morgan fingerprint density at radius 3 is 2.89 bits per heavy atom. The van der Waals surface area contributed by atoms with Crippen LogP contribution in [0.2, 0.25) is 0 Å². The van der Waals surface area contributed by atoms with E-state index in [1.165, 1.54) is 24.8 Å². The molecule has 0 unspecified atom stereocenters. The van der Waals surface area contributed by atoms with Crippen LogP contribution in [0.1, 0.15) is 33.1 Å². The third kappa shape index (κ3) is 1.44. The van der Waals surface area contributed by atoms with Crippen molar-refractivity contribution in [1.82, 2.24) is 0 Å². The third-order valence-electron chi connectivity index (χ3n) is 1.82. The van der Waals surface area contributed by atoms with Gasteiger partial charge in [-0.2, -0.15) is 0 Å². The molecule has 0 radical (unpaired) electrons. The van der Waals surface area contributed by atoms with Gasteiger partial charge in [0.15, 0.2) is 0 Å². The van der Waals surface area contributed by atoms with Crippen LogP contribution in [-0.4, -0.2) is 0 Å². The summed E-state index contributed by atoms with van der Waals surface area (Å²) in [4.78, 5) is 0.